The van der Waals surface area contributed by atoms with E-state index in [0.717, 1.165) is 33.4 Å². The second-order valence-electron chi connectivity index (χ2n) is 12.3. The lowest BCUT2D eigenvalue weighted by molar-refractivity contribution is 0.0241. The normalized spacial score (nSPS) is 20.1. The number of nitrogens with one attached hydrogen (secondary N) is 1. The van der Waals surface area contributed by atoms with Gasteiger partial charge in [0.15, 0.2) is 0 Å². The Balaban J connectivity index is 1.48. The minimum atomic E-state index is -4.12. The fourth-order valence-corrected chi connectivity index (χ4v) is 7.99. The first-order valence-electron chi connectivity index (χ1n) is 15.0. The third kappa shape index (κ3) is 4.87. The first kappa shape index (κ1) is 28.3. The zero-order chi connectivity index (χ0) is 30.7. The highest BCUT2D eigenvalue weighted by Crippen LogP contribution is 2.41. The van der Waals surface area contributed by atoms with Gasteiger partial charge in [0.1, 0.15) is 6.10 Å². The van der Waals surface area contributed by atoms with E-state index in [1.54, 1.807) is 12.1 Å². The van der Waals surface area contributed by atoms with Crippen LogP contribution < -0.4 is 13.8 Å². The van der Waals surface area contributed by atoms with Crippen molar-refractivity contribution >= 4 is 27.8 Å². The maximum absolute atomic E-state index is 14.3. The minimum absolute atomic E-state index is 0.0701. The van der Waals surface area contributed by atoms with Gasteiger partial charge in [-0.15, -0.1) is 0 Å². The standard InChI is InChI=1S/C34H35N5O4S/c1-20(2)16-29-32-26-11-6-5-10-25(26)19-38(29)33(40)24-13-12-23-14-15-39(28(23)17-24)44(41,42)37-34-35-27(18-30(36-34)43-32)31-21(3)8-7-9-22(31)4/h5-13,17-18,20,29,32H,14-16,19H2,1-4H3,(H,35,36,37)/t29-,32-/m1/s1. The van der Waals surface area contributed by atoms with Crippen molar-refractivity contribution in [3.63, 3.8) is 0 Å². The van der Waals surface area contributed by atoms with Gasteiger partial charge in [-0.1, -0.05) is 62.4 Å². The summed E-state index contributed by atoms with van der Waals surface area (Å²) >= 11 is 0. The molecule has 0 unspecified atom stereocenters. The average Bonchev–Trinajstić information content (AvgIpc) is 3.41. The summed E-state index contributed by atoms with van der Waals surface area (Å²) in [4.78, 5) is 25.6. The van der Waals surface area contributed by atoms with Gasteiger partial charge >= 0.3 is 10.2 Å². The zero-order valence-corrected chi connectivity index (χ0v) is 26.1. The molecule has 4 heterocycles. The monoisotopic (exact) mass is 609 g/mol. The molecule has 0 spiro atoms. The Morgan fingerprint density at radius 3 is 2.52 bits per heavy atom. The molecule has 3 aromatic carbocycles. The van der Waals surface area contributed by atoms with E-state index in [1.165, 1.54) is 4.31 Å². The number of hydrogen-bond donors (Lipinski definition) is 1. The van der Waals surface area contributed by atoms with Crippen LogP contribution in [0.25, 0.3) is 11.3 Å². The highest BCUT2D eigenvalue weighted by molar-refractivity contribution is 7.94. The van der Waals surface area contributed by atoms with Crippen LogP contribution in [0.2, 0.25) is 0 Å². The molecular formula is C34H35N5O4S. The molecule has 3 aliphatic heterocycles. The van der Waals surface area contributed by atoms with Crippen LogP contribution in [-0.4, -0.2) is 41.8 Å². The molecule has 0 radical (unpaired) electrons. The molecule has 0 saturated heterocycles. The summed E-state index contributed by atoms with van der Waals surface area (Å²) in [5.41, 5.74) is 7.24. The number of amides is 1. The highest BCUT2D eigenvalue weighted by Gasteiger charge is 2.41. The van der Waals surface area contributed by atoms with E-state index < -0.39 is 16.3 Å². The molecular weight excluding hydrogens is 574 g/mol. The third-order valence-corrected chi connectivity index (χ3v) is 10.2. The maximum atomic E-state index is 14.3. The number of fused-ring (bicyclic) bond motifs is 7. The number of aryl methyl sites for hydroxylation is 2. The van der Waals surface area contributed by atoms with Crippen LogP contribution in [0.3, 0.4) is 0 Å². The molecule has 226 valence electrons. The molecule has 4 aromatic rings. The van der Waals surface area contributed by atoms with Crippen molar-refractivity contribution in [3.05, 3.63) is 100 Å². The third-order valence-electron chi connectivity index (χ3n) is 8.81. The molecule has 2 atom stereocenters. The summed E-state index contributed by atoms with van der Waals surface area (Å²) < 4.78 is 38.4. The molecule has 1 aromatic heterocycles. The van der Waals surface area contributed by atoms with Gasteiger partial charge in [0.25, 0.3) is 5.91 Å². The molecule has 0 aliphatic carbocycles. The van der Waals surface area contributed by atoms with Crippen molar-refractivity contribution in [1.82, 2.24) is 14.9 Å². The Kier molecular flexibility index (Phi) is 6.84. The number of carbonyl (C=O) groups excluding carboxylic acids is 1. The fourth-order valence-electron chi connectivity index (χ4n) is 6.80. The molecule has 7 rings (SSSR count). The number of ether oxygens (including phenoxy) is 1. The minimum Gasteiger partial charge on any atom is -0.467 e. The lowest BCUT2D eigenvalue weighted by Gasteiger charge is -2.43. The predicted octanol–water partition coefficient (Wildman–Crippen LogP) is 5.98. The highest BCUT2D eigenvalue weighted by atomic mass is 32.2. The molecule has 0 fully saturated rings. The Morgan fingerprint density at radius 1 is 0.977 bits per heavy atom. The Labute approximate surface area is 258 Å². The first-order valence-corrected chi connectivity index (χ1v) is 16.5. The summed E-state index contributed by atoms with van der Waals surface area (Å²) in [7, 11) is -4.12. The maximum Gasteiger partial charge on any atom is 0.326 e. The van der Waals surface area contributed by atoms with E-state index in [4.69, 9.17) is 9.72 Å². The fraction of sp³-hybridized carbons (Fsp3) is 0.324. The zero-order valence-electron chi connectivity index (χ0n) is 25.2. The second-order valence-corrected chi connectivity index (χ2v) is 13.9. The summed E-state index contributed by atoms with van der Waals surface area (Å²) in [6, 6.07) is 20.9. The number of hydrogen-bond acceptors (Lipinski definition) is 6. The number of anilines is 2. The van der Waals surface area contributed by atoms with E-state index in [-0.39, 0.29) is 36.2 Å². The van der Waals surface area contributed by atoms with Gasteiger partial charge in [-0.25, -0.2) is 9.71 Å². The van der Waals surface area contributed by atoms with E-state index in [1.807, 2.05) is 73.3 Å². The van der Waals surface area contributed by atoms with Gasteiger partial charge < -0.3 is 9.64 Å². The molecule has 3 aliphatic rings. The van der Waals surface area contributed by atoms with Gasteiger partial charge in [-0.05, 0) is 72.6 Å². The first-order chi connectivity index (χ1) is 21.1. The number of carbonyl (C=O) groups is 1. The lowest BCUT2D eigenvalue weighted by atomic mass is 9.86. The molecule has 1 N–H and O–H groups in total. The van der Waals surface area contributed by atoms with Crippen LogP contribution in [0, 0.1) is 19.8 Å². The SMILES string of the molecule is Cc1cccc(C)c1-c1cc2nc(n1)NS(=O)(=O)N1CCc3ccc(cc31)C(=O)N1Cc3ccccc3[C@@H](O2)[C@H]1CC(C)C. The van der Waals surface area contributed by atoms with Gasteiger partial charge in [-0.2, -0.15) is 13.4 Å². The number of aromatic nitrogens is 2. The van der Waals surface area contributed by atoms with Crippen molar-refractivity contribution in [2.45, 2.75) is 59.2 Å². The van der Waals surface area contributed by atoms with Gasteiger partial charge in [0, 0.05) is 30.3 Å². The summed E-state index contributed by atoms with van der Waals surface area (Å²) in [6.45, 7) is 8.95. The molecule has 0 saturated carbocycles. The Bertz CT molecular complexity index is 1890. The van der Waals surface area contributed by atoms with Crippen molar-refractivity contribution in [2.24, 2.45) is 5.92 Å². The molecule has 10 heteroatoms. The molecule has 44 heavy (non-hydrogen) atoms. The largest absolute Gasteiger partial charge is 0.467 e. The molecule has 9 nitrogen and oxygen atoms in total. The van der Waals surface area contributed by atoms with Crippen LogP contribution >= 0.6 is 0 Å². The van der Waals surface area contributed by atoms with Crippen molar-refractivity contribution in [2.75, 3.05) is 15.6 Å². The van der Waals surface area contributed by atoms with Crippen LogP contribution in [0.4, 0.5) is 11.6 Å². The Morgan fingerprint density at radius 2 is 1.75 bits per heavy atom. The van der Waals surface area contributed by atoms with Gasteiger partial charge in [0.2, 0.25) is 11.8 Å². The van der Waals surface area contributed by atoms with Crippen molar-refractivity contribution in [1.29, 1.82) is 0 Å². The quantitative estimate of drug-likeness (QED) is 0.306. The van der Waals surface area contributed by atoms with E-state index in [2.05, 4.69) is 23.6 Å². The van der Waals surface area contributed by atoms with Crippen LogP contribution in [0.5, 0.6) is 5.88 Å². The van der Waals surface area contributed by atoms with Crippen molar-refractivity contribution in [3.8, 4) is 17.1 Å². The lowest BCUT2D eigenvalue weighted by Crippen LogP contribution is -2.49. The molecule has 1 amide bonds. The predicted molar refractivity (Wildman–Crippen MR) is 170 cm³/mol. The van der Waals surface area contributed by atoms with Gasteiger partial charge in [-0.3, -0.25) is 9.10 Å². The number of benzene rings is 3. The molecule has 6 bridgehead atoms. The van der Waals surface area contributed by atoms with E-state index in [0.29, 0.717) is 36.3 Å². The topological polar surface area (TPSA) is 105 Å². The van der Waals surface area contributed by atoms with Crippen LogP contribution in [-0.2, 0) is 23.2 Å². The smallest absolute Gasteiger partial charge is 0.326 e. The summed E-state index contributed by atoms with van der Waals surface area (Å²) in [5.74, 6) is 0.282. The Hall–Kier alpha value is -4.44. The van der Waals surface area contributed by atoms with Crippen LogP contribution in [0.1, 0.15) is 64.5 Å². The van der Waals surface area contributed by atoms with Gasteiger partial charge in [0.05, 0.1) is 17.4 Å². The van der Waals surface area contributed by atoms with Crippen molar-refractivity contribution < 1.29 is 17.9 Å². The van der Waals surface area contributed by atoms with Crippen LogP contribution in [0.15, 0.2) is 66.7 Å². The average molecular weight is 610 g/mol. The summed E-state index contributed by atoms with van der Waals surface area (Å²) in [6.07, 6.45) is 0.707. The second kappa shape index (κ2) is 10.6. The number of rotatable bonds is 3. The summed E-state index contributed by atoms with van der Waals surface area (Å²) in [5, 5.41) is 0. The van der Waals surface area contributed by atoms with E-state index >= 15 is 0 Å². The van der Waals surface area contributed by atoms with E-state index in [9.17, 15) is 13.2 Å². The number of nitrogens with zero attached hydrogens (tertiary/aromatic N) is 4.